The predicted molar refractivity (Wildman–Crippen MR) is 101 cm³/mol. The van der Waals surface area contributed by atoms with Crippen molar-refractivity contribution in [2.24, 2.45) is 7.05 Å². The van der Waals surface area contributed by atoms with Gasteiger partial charge in [0.15, 0.2) is 11.0 Å². The van der Waals surface area contributed by atoms with Crippen LogP contribution in [0.25, 0.3) is 11.4 Å². The average molecular weight is 384 g/mol. The second-order valence-corrected chi connectivity index (χ2v) is 6.97. The number of nitro groups is 1. The van der Waals surface area contributed by atoms with Gasteiger partial charge >= 0.3 is 0 Å². The second-order valence-electron chi connectivity index (χ2n) is 5.66. The number of carbonyl (C=O) groups excluding carboxylic acids is 1. The first-order chi connectivity index (χ1) is 13.0. The Bertz CT molecular complexity index is 959. The standard InChI is InChI=1S/C17H16N6O3S/c1-11(16(24)19-13-5-7-14(8-6-13)23(25)26)27-17-21-20-15(22(17)2)12-4-3-9-18-10-12/h3-11H,1-2H3,(H,19,24)/t11-/m1/s1. The summed E-state index contributed by atoms with van der Waals surface area (Å²) in [6.07, 6.45) is 3.38. The van der Waals surface area contributed by atoms with Crippen LogP contribution in [-0.4, -0.2) is 35.8 Å². The summed E-state index contributed by atoms with van der Waals surface area (Å²) >= 11 is 1.27. The van der Waals surface area contributed by atoms with E-state index in [1.54, 1.807) is 23.9 Å². The van der Waals surface area contributed by atoms with Gasteiger partial charge in [0.05, 0.1) is 10.2 Å². The van der Waals surface area contributed by atoms with E-state index >= 15 is 0 Å². The number of thioether (sulfide) groups is 1. The molecule has 0 spiro atoms. The first kappa shape index (κ1) is 18.5. The fraction of sp³-hybridized carbons (Fsp3) is 0.176. The molecule has 1 amide bonds. The smallest absolute Gasteiger partial charge is 0.269 e. The quantitative estimate of drug-likeness (QED) is 0.394. The van der Waals surface area contributed by atoms with E-state index in [1.165, 1.54) is 36.0 Å². The molecule has 0 radical (unpaired) electrons. The number of aromatic nitrogens is 4. The Balaban J connectivity index is 1.66. The highest BCUT2D eigenvalue weighted by molar-refractivity contribution is 8.00. The van der Waals surface area contributed by atoms with E-state index in [-0.39, 0.29) is 11.6 Å². The number of nitro benzene ring substituents is 1. The molecule has 3 rings (SSSR count). The highest BCUT2D eigenvalue weighted by Gasteiger charge is 2.20. The van der Waals surface area contributed by atoms with Gasteiger partial charge in [-0.2, -0.15) is 0 Å². The summed E-state index contributed by atoms with van der Waals surface area (Å²) in [7, 11) is 1.83. The fourth-order valence-corrected chi connectivity index (χ4v) is 3.10. The number of carbonyl (C=O) groups is 1. The number of nitrogens with zero attached hydrogens (tertiary/aromatic N) is 5. The van der Waals surface area contributed by atoms with Crippen molar-refractivity contribution in [3.8, 4) is 11.4 Å². The highest BCUT2D eigenvalue weighted by atomic mass is 32.2. The lowest BCUT2D eigenvalue weighted by molar-refractivity contribution is -0.384. The summed E-state index contributed by atoms with van der Waals surface area (Å²) in [5, 5.41) is 21.9. The van der Waals surface area contributed by atoms with Crippen LogP contribution in [0.1, 0.15) is 6.92 Å². The molecule has 2 heterocycles. The van der Waals surface area contributed by atoms with Crippen LogP contribution < -0.4 is 5.32 Å². The molecule has 1 atom stereocenters. The zero-order valence-corrected chi connectivity index (χ0v) is 15.4. The Kier molecular flexibility index (Phi) is 5.46. The lowest BCUT2D eigenvalue weighted by Crippen LogP contribution is -2.22. The average Bonchev–Trinajstić information content (AvgIpc) is 3.03. The topological polar surface area (TPSA) is 116 Å². The fourth-order valence-electron chi connectivity index (χ4n) is 2.29. The Morgan fingerprint density at radius 1 is 1.26 bits per heavy atom. The van der Waals surface area contributed by atoms with Gasteiger partial charge in [0.25, 0.3) is 5.69 Å². The highest BCUT2D eigenvalue weighted by Crippen LogP contribution is 2.26. The van der Waals surface area contributed by atoms with Gasteiger partial charge < -0.3 is 9.88 Å². The molecule has 0 saturated carbocycles. The summed E-state index contributed by atoms with van der Waals surface area (Å²) in [6, 6.07) is 9.38. The van der Waals surface area contributed by atoms with Crippen LogP contribution in [0.15, 0.2) is 53.9 Å². The number of anilines is 1. The van der Waals surface area contributed by atoms with Crippen molar-refractivity contribution in [1.29, 1.82) is 0 Å². The van der Waals surface area contributed by atoms with E-state index in [2.05, 4.69) is 20.5 Å². The minimum Gasteiger partial charge on any atom is -0.325 e. The molecule has 0 aliphatic carbocycles. The summed E-state index contributed by atoms with van der Waals surface area (Å²) < 4.78 is 1.80. The van der Waals surface area contributed by atoms with Gasteiger partial charge in [-0.3, -0.25) is 19.9 Å². The van der Waals surface area contributed by atoms with Crippen molar-refractivity contribution in [1.82, 2.24) is 19.7 Å². The molecule has 1 N–H and O–H groups in total. The monoisotopic (exact) mass is 384 g/mol. The molecule has 0 aliphatic heterocycles. The SMILES string of the molecule is C[C@@H](Sc1nnc(-c2cccnc2)n1C)C(=O)Nc1ccc([N+](=O)[O-])cc1. The van der Waals surface area contributed by atoms with E-state index in [1.807, 2.05) is 19.2 Å². The summed E-state index contributed by atoms with van der Waals surface area (Å²) in [5.41, 5.74) is 1.30. The van der Waals surface area contributed by atoms with E-state index in [9.17, 15) is 14.9 Å². The van der Waals surface area contributed by atoms with Gasteiger partial charge in [-0.05, 0) is 31.2 Å². The van der Waals surface area contributed by atoms with E-state index < -0.39 is 10.2 Å². The van der Waals surface area contributed by atoms with Crippen molar-refractivity contribution in [2.75, 3.05) is 5.32 Å². The minimum atomic E-state index is -0.488. The molecule has 27 heavy (non-hydrogen) atoms. The number of non-ortho nitro benzene ring substituents is 1. The lowest BCUT2D eigenvalue weighted by atomic mass is 10.3. The lowest BCUT2D eigenvalue weighted by Gasteiger charge is -2.11. The van der Waals surface area contributed by atoms with E-state index in [0.29, 0.717) is 16.7 Å². The maximum Gasteiger partial charge on any atom is 0.269 e. The number of amides is 1. The van der Waals surface area contributed by atoms with Crippen molar-refractivity contribution in [3.63, 3.8) is 0 Å². The van der Waals surface area contributed by atoms with E-state index in [0.717, 1.165) is 5.56 Å². The van der Waals surface area contributed by atoms with E-state index in [4.69, 9.17) is 0 Å². The summed E-state index contributed by atoms with van der Waals surface area (Å²) in [4.78, 5) is 26.7. The Morgan fingerprint density at radius 3 is 2.63 bits per heavy atom. The maximum atomic E-state index is 12.4. The second kappa shape index (κ2) is 7.96. The molecule has 10 heteroatoms. The third-order valence-corrected chi connectivity index (χ3v) is 4.89. The number of hydrogen-bond donors (Lipinski definition) is 1. The third-order valence-electron chi connectivity index (χ3n) is 3.75. The molecular formula is C17H16N6O3S. The number of benzene rings is 1. The van der Waals surface area contributed by atoms with Crippen LogP contribution in [0.5, 0.6) is 0 Å². The molecule has 0 aliphatic rings. The molecule has 9 nitrogen and oxygen atoms in total. The van der Waals surface area contributed by atoms with Crippen LogP contribution in [0.2, 0.25) is 0 Å². The Hall–Kier alpha value is -3.27. The van der Waals surface area contributed by atoms with Crippen LogP contribution in [0.4, 0.5) is 11.4 Å². The minimum absolute atomic E-state index is 0.0301. The van der Waals surface area contributed by atoms with Crippen LogP contribution in [-0.2, 0) is 11.8 Å². The largest absolute Gasteiger partial charge is 0.325 e. The first-order valence-corrected chi connectivity index (χ1v) is 8.85. The molecule has 138 valence electrons. The van der Waals surface area contributed by atoms with Crippen LogP contribution in [0.3, 0.4) is 0 Å². The van der Waals surface area contributed by atoms with Gasteiger partial charge in [0.2, 0.25) is 5.91 Å². The molecule has 1 aromatic carbocycles. The maximum absolute atomic E-state index is 12.4. The van der Waals surface area contributed by atoms with Gasteiger partial charge in [-0.1, -0.05) is 11.8 Å². The van der Waals surface area contributed by atoms with Crippen LogP contribution in [0, 0.1) is 10.1 Å². The molecule has 3 aromatic rings. The van der Waals surface area contributed by atoms with Gasteiger partial charge in [0, 0.05) is 42.8 Å². The summed E-state index contributed by atoms with van der Waals surface area (Å²) in [5.74, 6) is 0.424. The van der Waals surface area contributed by atoms with Gasteiger partial charge in [0.1, 0.15) is 0 Å². The number of rotatable bonds is 6. The molecule has 0 bridgehead atoms. The first-order valence-electron chi connectivity index (χ1n) is 7.97. The van der Waals surface area contributed by atoms with Gasteiger partial charge in [-0.25, -0.2) is 0 Å². The third kappa shape index (κ3) is 4.29. The zero-order valence-electron chi connectivity index (χ0n) is 14.6. The zero-order chi connectivity index (χ0) is 19.4. The Morgan fingerprint density at radius 2 is 2.00 bits per heavy atom. The number of nitrogens with one attached hydrogen (secondary N) is 1. The normalized spacial score (nSPS) is 11.8. The van der Waals surface area contributed by atoms with Crippen molar-refractivity contribution < 1.29 is 9.72 Å². The predicted octanol–water partition coefficient (Wildman–Crippen LogP) is 2.90. The van der Waals surface area contributed by atoms with Crippen molar-refractivity contribution in [3.05, 3.63) is 58.9 Å². The molecule has 0 fully saturated rings. The molecular weight excluding hydrogens is 368 g/mol. The van der Waals surface area contributed by atoms with Crippen molar-refractivity contribution >= 4 is 29.0 Å². The van der Waals surface area contributed by atoms with Crippen LogP contribution >= 0.6 is 11.8 Å². The molecule has 2 aromatic heterocycles. The molecule has 0 saturated heterocycles. The van der Waals surface area contributed by atoms with Gasteiger partial charge in [-0.15, -0.1) is 10.2 Å². The number of hydrogen-bond acceptors (Lipinski definition) is 7. The summed E-state index contributed by atoms with van der Waals surface area (Å²) in [6.45, 7) is 1.75. The number of pyridine rings is 1. The molecule has 0 unspecified atom stereocenters. The van der Waals surface area contributed by atoms with Crippen molar-refractivity contribution in [2.45, 2.75) is 17.3 Å². The Labute approximate surface area is 159 Å².